The highest BCUT2D eigenvalue weighted by Gasteiger charge is 2.14. The molecule has 2 N–H and O–H groups in total. The Labute approximate surface area is 114 Å². The van der Waals surface area contributed by atoms with E-state index in [1.807, 2.05) is 52.8 Å². The maximum Gasteiger partial charge on any atom is 0.251 e. The van der Waals surface area contributed by atoms with Gasteiger partial charge in [0, 0.05) is 11.1 Å². The fourth-order valence-electron chi connectivity index (χ4n) is 1.83. The van der Waals surface area contributed by atoms with Crippen molar-refractivity contribution < 1.29 is 9.59 Å². The van der Waals surface area contributed by atoms with Crippen LogP contribution in [0, 0.1) is 13.8 Å². The van der Waals surface area contributed by atoms with Crippen LogP contribution in [-0.4, -0.2) is 23.9 Å². The van der Waals surface area contributed by atoms with Gasteiger partial charge >= 0.3 is 0 Å². The number of nitrogens with one attached hydrogen (secondary N) is 2. The van der Waals surface area contributed by atoms with E-state index in [1.165, 1.54) is 0 Å². The summed E-state index contributed by atoms with van der Waals surface area (Å²) in [7, 11) is 0. The zero-order chi connectivity index (χ0) is 14.6. The normalized spacial score (nSPS) is 11.0. The maximum atomic E-state index is 11.9. The van der Waals surface area contributed by atoms with Gasteiger partial charge in [0.15, 0.2) is 0 Å². The molecule has 0 radical (unpaired) electrons. The molecule has 4 nitrogen and oxygen atoms in total. The van der Waals surface area contributed by atoms with E-state index in [0.717, 1.165) is 11.1 Å². The first kappa shape index (κ1) is 15.2. The molecule has 104 valence electrons. The number of aryl methyl sites for hydroxylation is 2. The third-order valence-corrected chi connectivity index (χ3v) is 2.41. The summed E-state index contributed by atoms with van der Waals surface area (Å²) in [5.41, 5.74) is 2.36. The van der Waals surface area contributed by atoms with Crippen molar-refractivity contribution in [2.75, 3.05) is 6.54 Å². The van der Waals surface area contributed by atoms with E-state index in [4.69, 9.17) is 0 Å². The van der Waals surface area contributed by atoms with Crippen molar-refractivity contribution in [2.45, 2.75) is 40.2 Å². The van der Waals surface area contributed by atoms with E-state index in [-0.39, 0.29) is 23.9 Å². The lowest BCUT2D eigenvalue weighted by Gasteiger charge is -2.20. The zero-order valence-electron chi connectivity index (χ0n) is 12.3. The monoisotopic (exact) mass is 262 g/mol. The number of amides is 2. The van der Waals surface area contributed by atoms with Crippen molar-refractivity contribution in [3.8, 4) is 0 Å². The zero-order valence-corrected chi connectivity index (χ0v) is 12.3. The van der Waals surface area contributed by atoms with Crippen LogP contribution < -0.4 is 10.6 Å². The molecule has 4 heteroatoms. The van der Waals surface area contributed by atoms with Crippen LogP contribution in [0.15, 0.2) is 18.2 Å². The minimum Gasteiger partial charge on any atom is -0.350 e. The Kier molecular flexibility index (Phi) is 4.70. The first-order chi connectivity index (χ1) is 8.67. The van der Waals surface area contributed by atoms with Crippen LogP contribution >= 0.6 is 0 Å². The standard InChI is InChI=1S/C15H22N2O2/c1-10-6-11(2)8-12(7-10)14(19)16-9-13(18)17-15(3,4)5/h6-8H,9H2,1-5H3,(H,16,19)(H,17,18). The minimum absolute atomic E-state index is 0.0108. The maximum absolute atomic E-state index is 11.9. The highest BCUT2D eigenvalue weighted by atomic mass is 16.2. The Balaban J connectivity index is 2.58. The number of carbonyl (C=O) groups excluding carboxylic acids is 2. The van der Waals surface area contributed by atoms with Crippen molar-refractivity contribution >= 4 is 11.8 Å². The van der Waals surface area contributed by atoms with E-state index in [1.54, 1.807) is 0 Å². The summed E-state index contributed by atoms with van der Waals surface area (Å²) in [6.45, 7) is 9.57. The first-order valence-corrected chi connectivity index (χ1v) is 6.35. The molecule has 2 amide bonds. The molecular weight excluding hydrogens is 240 g/mol. The van der Waals surface area contributed by atoms with Crippen LogP contribution in [0.25, 0.3) is 0 Å². The van der Waals surface area contributed by atoms with Crippen LogP contribution in [0.4, 0.5) is 0 Å². The Morgan fingerprint density at radius 1 is 1.05 bits per heavy atom. The van der Waals surface area contributed by atoms with Gasteiger partial charge in [-0.2, -0.15) is 0 Å². The Hall–Kier alpha value is -1.84. The topological polar surface area (TPSA) is 58.2 Å². The molecular formula is C15H22N2O2. The molecule has 0 saturated carbocycles. The smallest absolute Gasteiger partial charge is 0.251 e. The summed E-state index contributed by atoms with van der Waals surface area (Å²) in [5.74, 6) is -0.416. The summed E-state index contributed by atoms with van der Waals surface area (Å²) in [4.78, 5) is 23.5. The molecule has 0 aliphatic heterocycles. The molecule has 19 heavy (non-hydrogen) atoms. The Morgan fingerprint density at radius 2 is 1.58 bits per heavy atom. The molecule has 0 fully saturated rings. The van der Waals surface area contributed by atoms with Gasteiger partial charge < -0.3 is 10.6 Å². The van der Waals surface area contributed by atoms with E-state index >= 15 is 0 Å². The predicted octanol–water partition coefficient (Wildman–Crippen LogP) is 1.95. The second kappa shape index (κ2) is 5.87. The fourth-order valence-corrected chi connectivity index (χ4v) is 1.83. The van der Waals surface area contributed by atoms with Crippen molar-refractivity contribution in [1.29, 1.82) is 0 Å². The van der Waals surface area contributed by atoms with Crippen molar-refractivity contribution in [1.82, 2.24) is 10.6 Å². The van der Waals surface area contributed by atoms with Crippen molar-refractivity contribution in [3.63, 3.8) is 0 Å². The average Bonchev–Trinajstić information content (AvgIpc) is 2.22. The Bertz CT molecular complexity index is 467. The van der Waals surface area contributed by atoms with Gasteiger partial charge in [0.2, 0.25) is 5.91 Å². The number of hydrogen-bond acceptors (Lipinski definition) is 2. The molecule has 1 aromatic carbocycles. The highest BCUT2D eigenvalue weighted by Crippen LogP contribution is 2.08. The quantitative estimate of drug-likeness (QED) is 0.874. The third-order valence-electron chi connectivity index (χ3n) is 2.41. The summed E-state index contributed by atoms with van der Waals surface area (Å²) < 4.78 is 0. The molecule has 0 bridgehead atoms. The van der Waals surface area contributed by atoms with Gasteiger partial charge in [-0.05, 0) is 46.8 Å². The van der Waals surface area contributed by atoms with Crippen LogP contribution in [0.5, 0.6) is 0 Å². The molecule has 0 aliphatic carbocycles. The molecule has 0 saturated heterocycles. The van der Waals surface area contributed by atoms with Crippen LogP contribution in [0.2, 0.25) is 0 Å². The Morgan fingerprint density at radius 3 is 2.05 bits per heavy atom. The van der Waals surface area contributed by atoms with E-state index in [0.29, 0.717) is 5.56 Å². The largest absolute Gasteiger partial charge is 0.350 e. The summed E-state index contributed by atoms with van der Waals surface area (Å²) >= 11 is 0. The van der Waals surface area contributed by atoms with Gasteiger partial charge in [-0.3, -0.25) is 9.59 Å². The highest BCUT2D eigenvalue weighted by molar-refractivity contribution is 5.96. The van der Waals surface area contributed by atoms with E-state index in [9.17, 15) is 9.59 Å². The number of carbonyl (C=O) groups is 2. The van der Waals surface area contributed by atoms with E-state index in [2.05, 4.69) is 10.6 Å². The summed E-state index contributed by atoms with van der Waals surface area (Å²) in [5, 5.41) is 5.42. The van der Waals surface area contributed by atoms with Gasteiger partial charge in [-0.1, -0.05) is 17.2 Å². The van der Waals surface area contributed by atoms with Gasteiger partial charge in [-0.25, -0.2) is 0 Å². The van der Waals surface area contributed by atoms with Gasteiger partial charge in [-0.15, -0.1) is 0 Å². The SMILES string of the molecule is Cc1cc(C)cc(C(=O)NCC(=O)NC(C)(C)C)c1. The number of rotatable bonds is 3. The lowest BCUT2D eigenvalue weighted by atomic mass is 10.1. The van der Waals surface area contributed by atoms with Crippen molar-refractivity contribution in [3.05, 3.63) is 34.9 Å². The second-order valence-electron chi connectivity index (χ2n) is 5.86. The average molecular weight is 262 g/mol. The molecule has 0 atom stereocenters. The lowest BCUT2D eigenvalue weighted by molar-refractivity contribution is -0.121. The molecule has 0 aromatic heterocycles. The molecule has 1 aromatic rings. The molecule has 0 heterocycles. The van der Waals surface area contributed by atoms with Gasteiger partial charge in [0.05, 0.1) is 6.54 Å². The van der Waals surface area contributed by atoms with Gasteiger partial charge in [0.1, 0.15) is 0 Å². The minimum atomic E-state index is -0.290. The third kappa shape index (κ3) is 5.55. The van der Waals surface area contributed by atoms with Crippen molar-refractivity contribution in [2.24, 2.45) is 0 Å². The van der Waals surface area contributed by atoms with Crippen LogP contribution in [-0.2, 0) is 4.79 Å². The van der Waals surface area contributed by atoms with Gasteiger partial charge in [0.25, 0.3) is 5.91 Å². The summed E-state index contributed by atoms with van der Waals surface area (Å²) in [6.07, 6.45) is 0. The number of benzene rings is 1. The van der Waals surface area contributed by atoms with E-state index < -0.39 is 0 Å². The predicted molar refractivity (Wildman–Crippen MR) is 76.1 cm³/mol. The lowest BCUT2D eigenvalue weighted by Crippen LogP contribution is -2.45. The molecule has 0 unspecified atom stereocenters. The molecule has 0 aliphatic rings. The summed E-state index contributed by atoms with van der Waals surface area (Å²) in [6, 6.07) is 5.62. The second-order valence-corrected chi connectivity index (χ2v) is 5.86. The molecule has 0 spiro atoms. The number of hydrogen-bond donors (Lipinski definition) is 2. The van der Waals surface area contributed by atoms with Crippen LogP contribution in [0.1, 0.15) is 42.3 Å². The molecule has 1 rings (SSSR count). The fraction of sp³-hybridized carbons (Fsp3) is 0.467. The van der Waals surface area contributed by atoms with Crippen LogP contribution in [0.3, 0.4) is 0 Å². The first-order valence-electron chi connectivity index (χ1n) is 6.35.